The van der Waals surface area contributed by atoms with Gasteiger partial charge in [-0.1, -0.05) is 18.2 Å². The second kappa shape index (κ2) is 7.27. The molecule has 1 heterocycles. The van der Waals surface area contributed by atoms with Crippen molar-refractivity contribution in [1.82, 2.24) is 4.98 Å². The molecule has 5 heteroatoms. The summed E-state index contributed by atoms with van der Waals surface area (Å²) in [5, 5.41) is 4.90. The average molecular weight is 338 g/mol. The van der Waals surface area contributed by atoms with E-state index in [0.717, 1.165) is 22.5 Å². The smallest absolute Gasteiger partial charge is 0.255 e. The summed E-state index contributed by atoms with van der Waals surface area (Å²) in [6.45, 7) is 4.37. The molecule has 0 aliphatic heterocycles. The number of thiazole rings is 1. The fraction of sp³-hybridized carbons (Fsp3) is 0.158. The molecule has 1 N–H and O–H groups in total. The molecule has 0 aliphatic rings. The zero-order valence-corrected chi connectivity index (χ0v) is 14.4. The Morgan fingerprint density at radius 1 is 1.21 bits per heavy atom. The number of aromatic nitrogens is 1. The Kier molecular flexibility index (Phi) is 4.91. The van der Waals surface area contributed by atoms with Gasteiger partial charge in [0.05, 0.1) is 11.2 Å². The summed E-state index contributed by atoms with van der Waals surface area (Å²) < 4.78 is 5.70. The number of amides is 1. The first-order chi connectivity index (χ1) is 11.6. The van der Waals surface area contributed by atoms with Crippen molar-refractivity contribution in [2.45, 2.75) is 20.5 Å². The van der Waals surface area contributed by atoms with Crippen LogP contribution >= 0.6 is 11.3 Å². The lowest BCUT2D eigenvalue weighted by Crippen LogP contribution is -2.13. The lowest BCUT2D eigenvalue weighted by Gasteiger charge is -2.10. The Bertz CT molecular complexity index is 844. The molecule has 0 aliphatic carbocycles. The number of aryl methyl sites for hydroxylation is 2. The summed E-state index contributed by atoms with van der Waals surface area (Å²) in [6, 6.07) is 13.2. The molecule has 3 rings (SSSR count). The Morgan fingerprint density at radius 3 is 2.88 bits per heavy atom. The number of hydrogen-bond acceptors (Lipinski definition) is 4. The number of ether oxygens (including phenoxy) is 1. The number of benzene rings is 2. The Labute approximate surface area is 145 Å². The van der Waals surface area contributed by atoms with Crippen LogP contribution in [0.4, 0.5) is 5.69 Å². The van der Waals surface area contributed by atoms with E-state index in [4.69, 9.17) is 4.74 Å². The van der Waals surface area contributed by atoms with Gasteiger partial charge in [0.1, 0.15) is 12.4 Å². The van der Waals surface area contributed by atoms with Crippen molar-refractivity contribution < 1.29 is 9.53 Å². The predicted molar refractivity (Wildman–Crippen MR) is 96.8 cm³/mol. The van der Waals surface area contributed by atoms with Gasteiger partial charge in [0.25, 0.3) is 5.91 Å². The molecule has 0 bridgehead atoms. The van der Waals surface area contributed by atoms with Crippen molar-refractivity contribution in [1.29, 1.82) is 0 Å². The summed E-state index contributed by atoms with van der Waals surface area (Å²) in [7, 11) is 0. The van der Waals surface area contributed by atoms with Gasteiger partial charge in [-0.3, -0.25) is 4.79 Å². The number of nitrogens with zero attached hydrogens (tertiary/aromatic N) is 1. The molecule has 122 valence electrons. The average Bonchev–Trinajstić information content (AvgIpc) is 3.10. The Hall–Kier alpha value is -2.66. The fourth-order valence-electron chi connectivity index (χ4n) is 2.26. The van der Waals surface area contributed by atoms with Gasteiger partial charge in [0.15, 0.2) is 0 Å². The number of carbonyl (C=O) groups is 1. The molecular formula is C19H18N2O2S. The van der Waals surface area contributed by atoms with E-state index in [1.54, 1.807) is 17.6 Å². The summed E-state index contributed by atoms with van der Waals surface area (Å²) in [4.78, 5) is 16.7. The molecule has 24 heavy (non-hydrogen) atoms. The standard InChI is InChI=1S/C19H18N2O2S/c1-13-6-7-14(2)18(8-13)21-19(22)15-4-3-5-17(9-15)23-10-16-11-24-12-20-16/h3-9,11-12H,10H2,1-2H3,(H,21,22). The molecule has 3 aromatic rings. The highest BCUT2D eigenvalue weighted by Gasteiger charge is 2.09. The second-order valence-electron chi connectivity index (χ2n) is 5.57. The molecule has 0 saturated heterocycles. The number of nitrogens with one attached hydrogen (secondary N) is 1. The van der Waals surface area contributed by atoms with Gasteiger partial charge in [0.2, 0.25) is 0 Å². The van der Waals surface area contributed by atoms with E-state index < -0.39 is 0 Å². The molecule has 2 aromatic carbocycles. The van der Waals surface area contributed by atoms with E-state index in [0.29, 0.717) is 17.9 Å². The molecule has 0 unspecified atom stereocenters. The maximum atomic E-state index is 12.5. The summed E-state index contributed by atoms with van der Waals surface area (Å²) in [5.41, 5.74) is 6.18. The lowest BCUT2D eigenvalue weighted by molar-refractivity contribution is 0.102. The van der Waals surface area contributed by atoms with Crippen molar-refractivity contribution in [3.63, 3.8) is 0 Å². The minimum Gasteiger partial charge on any atom is -0.487 e. The van der Waals surface area contributed by atoms with Gasteiger partial charge in [0, 0.05) is 16.6 Å². The van der Waals surface area contributed by atoms with Crippen LogP contribution in [0.3, 0.4) is 0 Å². The first-order valence-corrected chi connectivity index (χ1v) is 8.54. The van der Waals surface area contributed by atoms with Gasteiger partial charge in [-0.15, -0.1) is 11.3 Å². The van der Waals surface area contributed by atoms with Crippen molar-refractivity contribution in [2.24, 2.45) is 0 Å². The molecular weight excluding hydrogens is 320 g/mol. The van der Waals surface area contributed by atoms with Crippen LogP contribution in [0.25, 0.3) is 0 Å². The molecule has 0 spiro atoms. The van der Waals surface area contributed by atoms with Crippen LogP contribution in [0.5, 0.6) is 5.75 Å². The van der Waals surface area contributed by atoms with Crippen molar-refractivity contribution in [3.05, 3.63) is 75.7 Å². The lowest BCUT2D eigenvalue weighted by atomic mass is 10.1. The predicted octanol–water partition coefficient (Wildman–Crippen LogP) is 4.59. The zero-order chi connectivity index (χ0) is 16.9. The van der Waals surface area contributed by atoms with Crippen molar-refractivity contribution in [3.8, 4) is 5.75 Å². The molecule has 1 amide bonds. The van der Waals surface area contributed by atoms with Crippen LogP contribution in [-0.4, -0.2) is 10.9 Å². The normalized spacial score (nSPS) is 10.4. The highest BCUT2D eigenvalue weighted by molar-refractivity contribution is 7.07. The van der Waals surface area contributed by atoms with Crippen LogP contribution < -0.4 is 10.1 Å². The summed E-state index contributed by atoms with van der Waals surface area (Å²) >= 11 is 1.53. The third-order valence-electron chi connectivity index (χ3n) is 3.61. The Morgan fingerprint density at radius 2 is 2.08 bits per heavy atom. The van der Waals surface area contributed by atoms with Crippen LogP contribution in [0, 0.1) is 13.8 Å². The van der Waals surface area contributed by atoms with Crippen LogP contribution in [0.1, 0.15) is 27.2 Å². The quantitative estimate of drug-likeness (QED) is 0.740. The third kappa shape index (κ3) is 4.00. The minimum atomic E-state index is -0.150. The summed E-state index contributed by atoms with van der Waals surface area (Å²) in [6.07, 6.45) is 0. The van der Waals surface area contributed by atoms with Gasteiger partial charge in [-0.05, 0) is 49.2 Å². The van der Waals surface area contributed by atoms with Gasteiger partial charge >= 0.3 is 0 Å². The van der Waals surface area contributed by atoms with E-state index in [1.807, 2.05) is 49.6 Å². The highest BCUT2D eigenvalue weighted by Crippen LogP contribution is 2.20. The molecule has 0 radical (unpaired) electrons. The molecule has 0 fully saturated rings. The first-order valence-electron chi connectivity index (χ1n) is 7.60. The topological polar surface area (TPSA) is 51.2 Å². The van der Waals surface area contributed by atoms with Crippen molar-refractivity contribution >= 4 is 22.9 Å². The highest BCUT2D eigenvalue weighted by atomic mass is 32.1. The van der Waals surface area contributed by atoms with E-state index in [9.17, 15) is 4.79 Å². The molecule has 0 saturated carbocycles. The largest absolute Gasteiger partial charge is 0.487 e. The van der Waals surface area contributed by atoms with Crippen LogP contribution in [0.15, 0.2) is 53.4 Å². The van der Waals surface area contributed by atoms with E-state index >= 15 is 0 Å². The second-order valence-corrected chi connectivity index (χ2v) is 6.29. The van der Waals surface area contributed by atoms with E-state index in [1.165, 1.54) is 11.3 Å². The molecule has 1 aromatic heterocycles. The van der Waals surface area contributed by atoms with Gasteiger partial charge in [-0.2, -0.15) is 0 Å². The zero-order valence-electron chi connectivity index (χ0n) is 13.6. The number of hydrogen-bond donors (Lipinski definition) is 1. The minimum absolute atomic E-state index is 0.150. The van der Waals surface area contributed by atoms with Crippen LogP contribution in [0.2, 0.25) is 0 Å². The molecule has 4 nitrogen and oxygen atoms in total. The SMILES string of the molecule is Cc1ccc(C)c(NC(=O)c2cccc(OCc3cscn3)c2)c1. The van der Waals surface area contributed by atoms with Crippen molar-refractivity contribution in [2.75, 3.05) is 5.32 Å². The number of rotatable bonds is 5. The van der Waals surface area contributed by atoms with Gasteiger partial charge < -0.3 is 10.1 Å². The first kappa shape index (κ1) is 16.2. The Balaban J connectivity index is 1.70. The molecule has 0 atom stereocenters. The maximum absolute atomic E-state index is 12.5. The third-order valence-corrected chi connectivity index (χ3v) is 4.24. The van der Waals surface area contributed by atoms with E-state index in [2.05, 4.69) is 10.3 Å². The summed E-state index contributed by atoms with van der Waals surface area (Å²) in [5.74, 6) is 0.499. The monoisotopic (exact) mass is 338 g/mol. The number of carbonyl (C=O) groups excluding carboxylic acids is 1. The van der Waals surface area contributed by atoms with Crippen LogP contribution in [-0.2, 0) is 6.61 Å². The van der Waals surface area contributed by atoms with E-state index in [-0.39, 0.29) is 5.91 Å². The van der Waals surface area contributed by atoms with Gasteiger partial charge in [-0.25, -0.2) is 4.98 Å². The fourth-order valence-corrected chi connectivity index (χ4v) is 2.80. The number of anilines is 1. The maximum Gasteiger partial charge on any atom is 0.255 e.